The lowest BCUT2D eigenvalue weighted by Crippen LogP contribution is -2.43. The molecule has 0 aromatic heterocycles. The van der Waals surface area contributed by atoms with Crippen LogP contribution in [0.3, 0.4) is 0 Å². The number of ketones is 4. The van der Waals surface area contributed by atoms with Gasteiger partial charge in [0.25, 0.3) is 0 Å². The van der Waals surface area contributed by atoms with Crippen molar-refractivity contribution in [3.05, 3.63) is 129 Å². The summed E-state index contributed by atoms with van der Waals surface area (Å²) in [4.78, 5) is 56.5. The summed E-state index contributed by atoms with van der Waals surface area (Å²) < 4.78 is 0. The van der Waals surface area contributed by atoms with Crippen molar-refractivity contribution < 1.29 is 19.2 Å². The first-order valence-corrected chi connectivity index (χ1v) is 11.1. The molecular weight excluding hydrogens is 426 g/mol. The standard InChI is InChI=1S/C29H19NO4/c1-15-11-13-16(14-12-15)21-22-24(28(33)19-9-5-3-7-17(19)26(22)31)30(2)25-23(21)27(32)18-8-4-6-10-20(18)29(25)34/h3-14,21H,1-2H3. The van der Waals surface area contributed by atoms with Gasteiger partial charge in [-0.25, -0.2) is 0 Å². The molecule has 3 aromatic carbocycles. The van der Waals surface area contributed by atoms with Gasteiger partial charge in [-0.05, 0) is 12.5 Å². The number of carbonyl (C=O) groups excluding carboxylic acids is 4. The zero-order valence-electron chi connectivity index (χ0n) is 18.6. The van der Waals surface area contributed by atoms with Gasteiger partial charge in [-0.15, -0.1) is 0 Å². The van der Waals surface area contributed by atoms with Gasteiger partial charge < -0.3 is 4.90 Å². The minimum absolute atomic E-state index is 0.161. The molecule has 0 atom stereocenters. The zero-order chi connectivity index (χ0) is 23.7. The van der Waals surface area contributed by atoms with E-state index < -0.39 is 5.92 Å². The predicted octanol–water partition coefficient (Wildman–Crippen LogP) is 4.69. The molecule has 5 nitrogen and oxygen atoms in total. The van der Waals surface area contributed by atoms with Crippen LogP contribution in [-0.2, 0) is 0 Å². The van der Waals surface area contributed by atoms with E-state index in [4.69, 9.17) is 0 Å². The highest BCUT2D eigenvalue weighted by molar-refractivity contribution is 6.33. The number of hydrogen-bond donors (Lipinski definition) is 0. The Hall–Kier alpha value is -4.38. The van der Waals surface area contributed by atoms with Crippen LogP contribution >= 0.6 is 0 Å². The van der Waals surface area contributed by atoms with Crippen LogP contribution < -0.4 is 0 Å². The molecule has 34 heavy (non-hydrogen) atoms. The number of rotatable bonds is 1. The molecule has 0 unspecified atom stereocenters. The van der Waals surface area contributed by atoms with Crippen LogP contribution in [0.1, 0.15) is 58.5 Å². The highest BCUT2D eigenvalue weighted by Crippen LogP contribution is 2.49. The monoisotopic (exact) mass is 445 g/mol. The average molecular weight is 445 g/mol. The minimum atomic E-state index is -0.823. The van der Waals surface area contributed by atoms with Crippen LogP contribution in [0, 0.1) is 6.92 Å². The maximum Gasteiger partial charge on any atom is 0.210 e. The van der Waals surface area contributed by atoms with Crippen LogP contribution in [0.25, 0.3) is 0 Å². The third-order valence-corrected chi connectivity index (χ3v) is 6.92. The van der Waals surface area contributed by atoms with Gasteiger partial charge in [0.05, 0.1) is 11.4 Å². The second-order valence-corrected chi connectivity index (χ2v) is 8.83. The van der Waals surface area contributed by atoms with E-state index in [2.05, 4.69) is 0 Å². The van der Waals surface area contributed by atoms with Crippen LogP contribution in [0.5, 0.6) is 0 Å². The lowest BCUT2D eigenvalue weighted by molar-refractivity contribution is 0.0902. The normalized spacial score (nSPS) is 17.5. The van der Waals surface area contributed by atoms with Crippen LogP contribution in [0.4, 0.5) is 0 Å². The van der Waals surface area contributed by atoms with E-state index in [1.807, 2.05) is 31.2 Å². The first-order chi connectivity index (χ1) is 16.4. The molecule has 3 aliphatic rings. The van der Waals surface area contributed by atoms with Crippen LogP contribution in [0.2, 0.25) is 0 Å². The molecule has 0 saturated heterocycles. The van der Waals surface area contributed by atoms with Crippen molar-refractivity contribution in [1.82, 2.24) is 4.90 Å². The number of hydrogen-bond acceptors (Lipinski definition) is 5. The van der Waals surface area contributed by atoms with E-state index in [1.165, 1.54) is 4.90 Å². The summed E-state index contributed by atoms with van der Waals surface area (Å²) in [5, 5.41) is 0. The van der Waals surface area contributed by atoms with Crippen LogP contribution in [0.15, 0.2) is 95.3 Å². The minimum Gasteiger partial charge on any atom is -0.337 e. The molecule has 6 rings (SSSR count). The first kappa shape index (κ1) is 20.2. The van der Waals surface area contributed by atoms with Gasteiger partial charge in [0.15, 0.2) is 11.6 Å². The number of Topliss-reactive ketones (excluding diaryl/α,β-unsaturated/α-hetero) is 4. The Morgan fingerprint density at radius 3 is 1.35 bits per heavy atom. The molecule has 0 radical (unpaired) electrons. The topological polar surface area (TPSA) is 71.5 Å². The summed E-state index contributed by atoms with van der Waals surface area (Å²) in [7, 11) is 1.59. The number of fused-ring (bicyclic) bond motifs is 2. The number of aryl methyl sites for hydroxylation is 1. The summed E-state index contributed by atoms with van der Waals surface area (Å²) in [6.45, 7) is 1.95. The maximum absolute atomic E-state index is 13.8. The van der Waals surface area contributed by atoms with Crippen molar-refractivity contribution in [2.24, 2.45) is 0 Å². The number of benzene rings is 3. The van der Waals surface area contributed by atoms with Gasteiger partial charge in [-0.1, -0.05) is 78.4 Å². The molecule has 0 N–H and O–H groups in total. The van der Waals surface area contributed by atoms with E-state index in [0.717, 1.165) is 5.56 Å². The van der Waals surface area contributed by atoms with Gasteiger partial charge in [0.1, 0.15) is 0 Å². The lowest BCUT2D eigenvalue weighted by atomic mass is 9.68. The van der Waals surface area contributed by atoms with Crippen molar-refractivity contribution in [3.8, 4) is 0 Å². The smallest absolute Gasteiger partial charge is 0.210 e. The molecule has 0 amide bonds. The Kier molecular flexibility index (Phi) is 4.20. The molecule has 5 heteroatoms. The van der Waals surface area contributed by atoms with Crippen molar-refractivity contribution >= 4 is 23.1 Å². The predicted molar refractivity (Wildman–Crippen MR) is 126 cm³/mol. The van der Waals surface area contributed by atoms with Gasteiger partial charge in [-0.3, -0.25) is 19.2 Å². The largest absolute Gasteiger partial charge is 0.337 e. The molecule has 164 valence electrons. The van der Waals surface area contributed by atoms with Crippen molar-refractivity contribution in [1.29, 1.82) is 0 Å². The fourth-order valence-corrected chi connectivity index (χ4v) is 5.31. The second-order valence-electron chi connectivity index (χ2n) is 8.83. The van der Waals surface area contributed by atoms with Crippen molar-refractivity contribution in [3.63, 3.8) is 0 Å². The van der Waals surface area contributed by atoms with Gasteiger partial charge in [0, 0.05) is 46.4 Å². The number of allylic oxidation sites excluding steroid dienone is 4. The molecule has 1 aliphatic heterocycles. The van der Waals surface area contributed by atoms with Gasteiger partial charge in [-0.2, -0.15) is 0 Å². The molecular formula is C29H19NO4. The fraction of sp³-hybridized carbons (Fsp3) is 0.103. The Morgan fingerprint density at radius 1 is 0.559 bits per heavy atom. The number of likely N-dealkylation sites (N-methyl/N-ethyl adjacent to an activating group) is 1. The Morgan fingerprint density at radius 2 is 0.941 bits per heavy atom. The van der Waals surface area contributed by atoms with Crippen molar-refractivity contribution in [2.75, 3.05) is 7.05 Å². The number of nitrogens with zero attached hydrogens (tertiary/aromatic N) is 1. The van der Waals surface area contributed by atoms with Crippen LogP contribution in [-0.4, -0.2) is 35.1 Å². The summed E-state index contributed by atoms with van der Waals surface area (Å²) >= 11 is 0. The highest BCUT2D eigenvalue weighted by atomic mass is 16.2. The zero-order valence-corrected chi connectivity index (χ0v) is 18.6. The first-order valence-electron chi connectivity index (χ1n) is 11.1. The maximum atomic E-state index is 13.8. The Bertz CT molecular complexity index is 1440. The quantitative estimate of drug-likeness (QED) is 0.543. The van der Waals surface area contributed by atoms with E-state index in [1.54, 1.807) is 55.6 Å². The Labute approximate surface area is 196 Å². The summed E-state index contributed by atoms with van der Waals surface area (Å²) in [6, 6.07) is 20.9. The third kappa shape index (κ3) is 2.55. The fourth-order valence-electron chi connectivity index (χ4n) is 5.31. The number of carbonyl (C=O) groups is 4. The summed E-state index contributed by atoms with van der Waals surface area (Å²) in [5.74, 6) is -2.07. The van der Waals surface area contributed by atoms with E-state index in [0.29, 0.717) is 27.8 Å². The molecule has 0 saturated carbocycles. The molecule has 0 spiro atoms. The lowest BCUT2D eigenvalue weighted by Gasteiger charge is -2.41. The molecule has 0 bridgehead atoms. The van der Waals surface area contributed by atoms with Gasteiger partial charge in [0.2, 0.25) is 11.6 Å². The average Bonchev–Trinajstić information content (AvgIpc) is 2.86. The van der Waals surface area contributed by atoms with E-state index >= 15 is 0 Å². The third-order valence-electron chi connectivity index (χ3n) is 6.92. The highest BCUT2D eigenvalue weighted by Gasteiger charge is 2.49. The van der Waals surface area contributed by atoms with Crippen molar-refractivity contribution in [2.45, 2.75) is 12.8 Å². The summed E-state index contributed by atoms with van der Waals surface area (Å²) in [6.07, 6.45) is 0. The molecule has 3 aromatic rings. The molecule has 1 heterocycles. The SMILES string of the molecule is Cc1ccc(C2C3=C(C(=O)c4ccccc4C3=O)N(C)C3=C2C(=O)c2ccccc2C3=O)cc1. The Balaban J connectivity index is 1.68. The summed E-state index contributed by atoms with van der Waals surface area (Å²) in [5.41, 5.74) is 3.77. The molecule has 0 fully saturated rings. The van der Waals surface area contributed by atoms with Gasteiger partial charge >= 0.3 is 0 Å². The van der Waals surface area contributed by atoms with E-state index in [9.17, 15) is 19.2 Å². The second kappa shape index (κ2) is 7.06. The van der Waals surface area contributed by atoms with E-state index in [-0.39, 0.29) is 45.7 Å². The molecule has 2 aliphatic carbocycles.